The van der Waals surface area contributed by atoms with Crippen LogP contribution in [0.1, 0.15) is 0 Å². The molecule has 13 rings (SSSR count). The number of para-hydroxylation sites is 2. The summed E-state index contributed by atoms with van der Waals surface area (Å²) in [7, 11) is 0. The molecule has 2 heterocycles. The number of nitrogens with zero attached hydrogens (tertiary/aromatic N) is 2. The number of rotatable bonds is 6. The van der Waals surface area contributed by atoms with Gasteiger partial charge in [0.1, 0.15) is 11.2 Å². The van der Waals surface area contributed by atoms with Gasteiger partial charge in [0.05, 0.1) is 11.0 Å². The van der Waals surface area contributed by atoms with Gasteiger partial charge in [-0.3, -0.25) is 0 Å². The zero-order chi connectivity index (χ0) is 41.4. The van der Waals surface area contributed by atoms with Crippen LogP contribution in [-0.2, 0) is 0 Å². The van der Waals surface area contributed by atoms with Crippen LogP contribution in [0.3, 0.4) is 0 Å². The molecule has 13 aromatic rings. The summed E-state index contributed by atoms with van der Waals surface area (Å²) in [6.45, 7) is 0. The minimum absolute atomic E-state index is 0.865. The first-order valence-electron chi connectivity index (χ1n) is 21.6. The third kappa shape index (κ3) is 5.67. The van der Waals surface area contributed by atoms with Crippen molar-refractivity contribution in [2.75, 3.05) is 4.90 Å². The zero-order valence-electron chi connectivity index (χ0n) is 34.2. The highest BCUT2D eigenvalue weighted by atomic mass is 16.3. The number of benzene rings is 11. The van der Waals surface area contributed by atoms with Gasteiger partial charge in [-0.1, -0.05) is 158 Å². The molecule has 0 N–H and O–H groups in total. The molecule has 0 aliphatic carbocycles. The minimum Gasteiger partial charge on any atom is -0.456 e. The number of aromatic nitrogens is 1. The van der Waals surface area contributed by atoms with Gasteiger partial charge >= 0.3 is 0 Å². The van der Waals surface area contributed by atoms with Gasteiger partial charge < -0.3 is 13.9 Å². The molecule has 294 valence electrons. The molecule has 3 heteroatoms. The molecule has 0 radical (unpaired) electrons. The Hall–Kier alpha value is -8.40. The zero-order valence-corrected chi connectivity index (χ0v) is 34.2. The summed E-state index contributed by atoms with van der Waals surface area (Å²) < 4.78 is 8.87. The Labute approximate surface area is 363 Å². The highest BCUT2D eigenvalue weighted by Gasteiger charge is 2.19. The van der Waals surface area contributed by atoms with Crippen molar-refractivity contribution in [3.05, 3.63) is 231 Å². The number of fused-ring (bicyclic) bond motifs is 11. The maximum absolute atomic E-state index is 6.44. The van der Waals surface area contributed by atoms with E-state index < -0.39 is 0 Å². The van der Waals surface area contributed by atoms with Gasteiger partial charge in [0.15, 0.2) is 0 Å². The molecule has 63 heavy (non-hydrogen) atoms. The number of furan rings is 1. The molecule has 0 amide bonds. The summed E-state index contributed by atoms with van der Waals surface area (Å²) in [5.41, 5.74) is 13.2. The maximum Gasteiger partial charge on any atom is 0.137 e. The second-order valence-corrected chi connectivity index (χ2v) is 16.5. The second kappa shape index (κ2) is 14.1. The monoisotopic (exact) mass is 802 g/mol. The van der Waals surface area contributed by atoms with Crippen LogP contribution in [0.15, 0.2) is 235 Å². The third-order valence-corrected chi connectivity index (χ3v) is 13.0. The summed E-state index contributed by atoms with van der Waals surface area (Å²) in [6.07, 6.45) is 0. The van der Waals surface area contributed by atoms with E-state index in [0.717, 1.165) is 50.3 Å². The normalized spacial score (nSPS) is 11.8. The Kier molecular flexibility index (Phi) is 7.91. The lowest BCUT2D eigenvalue weighted by Gasteiger charge is -2.26. The number of hydrogen-bond donors (Lipinski definition) is 0. The lowest BCUT2D eigenvalue weighted by atomic mass is 9.93. The lowest BCUT2D eigenvalue weighted by Crippen LogP contribution is -2.09. The van der Waals surface area contributed by atoms with Crippen molar-refractivity contribution in [2.24, 2.45) is 0 Å². The molecule has 0 saturated heterocycles. The molecule has 11 aromatic carbocycles. The van der Waals surface area contributed by atoms with E-state index in [2.05, 4.69) is 228 Å². The van der Waals surface area contributed by atoms with E-state index in [9.17, 15) is 0 Å². The molecule has 0 atom stereocenters. The van der Waals surface area contributed by atoms with Crippen molar-refractivity contribution in [3.8, 4) is 27.9 Å². The topological polar surface area (TPSA) is 21.3 Å². The van der Waals surface area contributed by atoms with Gasteiger partial charge in [-0.25, -0.2) is 0 Å². The molecule has 3 nitrogen and oxygen atoms in total. The molecule has 0 saturated carbocycles. The fourth-order valence-corrected chi connectivity index (χ4v) is 9.99. The Bertz CT molecular complexity index is 3900. The molecule has 2 aromatic heterocycles. The molecule has 0 spiro atoms. The summed E-state index contributed by atoms with van der Waals surface area (Å²) in [5, 5.41) is 12.3. The van der Waals surface area contributed by atoms with Crippen LogP contribution in [0.5, 0.6) is 0 Å². The van der Waals surface area contributed by atoms with E-state index in [0.29, 0.717) is 0 Å². The molecule has 0 bridgehead atoms. The fraction of sp³-hybridized carbons (Fsp3) is 0. The van der Waals surface area contributed by atoms with Gasteiger partial charge in [-0.15, -0.1) is 0 Å². The van der Waals surface area contributed by atoms with Crippen LogP contribution in [0.2, 0.25) is 0 Å². The lowest BCUT2D eigenvalue weighted by molar-refractivity contribution is 0.669. The molecule has 0 aliphatic heterocycles. The van der Waals surface area contributed by atoms with E-state index in [1.54, 1.807) is 0 Å². The van der Waals surface area contributed by atoms with Gasteiger partial charge in [-0.2, -0.15) is 0 Å². The average Bonchev–Trinajstić information content (AvgIpc) is 3.90. The Morgan fingerprint density at radius 2 is 0.889 bits per heavy atom. The first kappa shape index (κ1) is 35.4. The summed E-state index contributed by atoms with van der Waals surface area (Å²) in [4.78, 5) is 2.33. The Balaban J connectivity index is 0.939. The molecular formula is C60H38N2O. The van der Waals surface area contributed by atoms with Crippen molar-refractivity contribution < 1.29 is 4.42 Å². The predicted molar refractivity (Wildman–Crippen MR) is 266 cm³/mol. The van der Waals surface area contributed by atoms with Gasteiger partial charge in [0.25, 0.3) is 0 Å². The second-order valence-electron chi connectivity index (χ2n) is 16.5. The highest BCUT2D eigenvalue weighted by molar-refractivity contribution is 6.19. The van der Waals surface area contributed by atoms with E-state index in [1.807, 2.05) is 12.1 Å². The summed E-state index contributed by atoms with van der Waals surface area (Å²) in [5.74, 6) is 0. The van der Waals surface area contributed by atoms with Gasteiger partial charge in [0.2, 0.25) is 0 Å². The Morgan fingerprint density at radius 1 is 0.317 bits per heavy atom. The van der Waals surface area contributed by atoms with E-state index >= 15 is 0 Å². The van der Waals surface area contributed by atoms with Crippen LogP contribution < -0.4 is 4.90 Å². The van der Waals surface area contributed by atoms with Crippen molar-refractivity contribution in [3.63, 3.8) is 0 Å². The highest BCUT2D eigenvalue weighted by Crippen LogP contribution is 2.43. The first-order valence-corrected chi connectivity index (χ1v) is 21.6. The fourth-order valence-electron chi connectivity index (χ4n) is 9.99. The molecule has 0 unspecified atom stereocenters. The average molecular weight is 803 g/mol. The van der Waals surface area contributed by atoms with Crippen LogP contribution >= 0.6 is 0 Å². The molecule has 0 fully saturated rings. The SMILES string of the molecule is c1ccc(-n2c3cc(-c4ccc(N(c5ccc(-c6cc7ccccc7c7ccccc67)cc5)c5ccc6c(c5)oc5ccccc56)cc4)ccc3c3ccc4ccccc4c32)cc1. The molecular weight excluding hydrogens is 765 g/mol. The van der Waals surface area contributed by atoms with Crippen LogP contribution in [0, 0.1) is 0 Å². The number of anilines is 3. The van der Waals surface area contributed by atoms with E-state index in [-0.39, 0.29) is 0 Å². The van der Waals surface area contributed by atoms with Crippen molar-refractivity contribution >= 4 is 93.1 Å². The van der Waals surface area contributed by atoms with E-state index in [1.165, 1.54) is 70.8 Å². The summed E-state index contributed by atoms with van der Waals surface area (Å²) in [6, 6.07) is 83.5. The Morgan fingerprint density at radius 3 is 1.68 bits per heavy atom. The van der Waals surface area contributed by atoms with Crippen molar-refractivity contribution in [1.82, 2.24) is 4.57 Å². The first-order chi connectivity index (χ1) is 31.2. The van der Waals surface area contributed by atoms with Crippen LogP contribution in [-0.4, -0.2) is 4.57 Å². The number of hydrogen-bond acceptors (Lipinski definition) is 2. The standard InChI is InChI=1S/C60H38N2O/c1-2-14-44(15-3-1)62-57-37-42(27-33-52(57)55-34-26-40-12-4-7-17-49(40)60(55)62)39-22-28-45(29-23-39)61(47-32-35-54-53-20-10-11-21-58(53)63-59(54)38-47)46-30-24-41(25-31-46)56-36-43-13-5-6-16-48(43)50-18-8-9-19-51(50)56/h1-38H. The molecule has 0 aliphatic rings. The van der Waals surface area contributed by atoms with Gasteiger partial charge in [-0.05, 0) is 116 Å². The van der Waals surface area contributed by atoms with Gasteiger partial charge in [0, 0.05) is 55.7 Å². The third-order valence-electron chi connectivity index (χ3n) is 13.0. The van der Waals surface area contributed by atoms with Crippen LogP contribution in [0.25, 0.3) is 104 Å². The quantitative estimate of drug-likeness (QED) is 0.156. The smallest absolute Gasteiger partial charge is 0.137 e. The van der Waals surface area contributed by atoms with Crippen LogP contribution in [0.4, 0.5) is 17.1 Å². The maximum atomic E-state index is 6.44. The van der Waals surface area contributed by atoms with Crippen molar-refractivity contribution in [2.45, 2.75) is 0 Å². The summed E-state index contributed by atoms with van der Waals surface area (Å²) >= 11 is 0. The van der Waals surface area contributed by atoms with Crippen molar-refractivity contribution in [1.29, 1.82) is 0 Å². The predicted octanol–water partition coefficient (Wildman–Crippen LogP) is 16.9. The van der Waals surface area contributed by atoms with E-state index in [4.69, 9.17) is 4.42 Å². The minimum atomic E-state index is 0.865. The largest absolute Gasteiger partial charge is 0.456 e.